The molecule has 0 aromatic heterocycles. The maximum absolute atomic E-state index is 12.1. The van der Waals surface area contributed by atoms with Gasteiger partial charge in [0.2, 0.25) is 0 Å². The minimum Gasteiger partial charge on any atom is -0.481 e. The summed E-state index contributed by atoms with van der Waals surface area (Å²) in [6.45, 7) is 1.64. The lowest BCUT2D eigenvalue weighted by molar-refractivity contribution is -0.129. The van der Waals surface area contributed by atoms with Gasteiger partial charge in [-0.05, 0) is 72.7 Å². The largest absolute Gasteiger partial charge is 0.481 e. The summed E-state index contributed by atoms with van der Waals surface area (Å²) < 4.78 is 11.8. The van der Waals surface area contributed by atoms with Gasteiger partial charge in [-0.15, -0.1) is 0 Å². The highest BCUT2D eigenvalue weighted by atomic mass is 79.9. The fourth-order valence-electron chi connectivity index (χ4n) is 2.53. The molecule has 1 atom stereocenters. The van der Waals surface area contributed by atoms with Crippen LogP contribution in [0.25, 0.3) is 6.08 Å². The number of amides is 1. The lowest BCUT2D eigenvalue weighted by atomic mass is 10.2. The van der Waals surface area contributed by atoms with E-state index in [1.165, 1.54) is 12.3 Å². The lowest BCUT2D eigenvalue weighted by Crippen LogP contribution is -2.33. The Balaban J connectivity index is 1.46. The third-order valence-electron chi connectivity index (χ3n) is 4.19. The van der Waals surface area contributed by atoms with Gasteiger partial charge in [-0.1, -0.05) is 46.3 Å². The van der Waals surface area contributed by atoms with Crippen molar-refractivity contribution in [2.75, 3.05) is 0 Å². The van der Waals surface area contributed by atoms with Crippen molar-refractivity contribution in [2.24, 2.45) is 5.10 Å². The van der Waals surface area contributed by atoms with Crippen LogP contribution in [0, 0.1) is 0 Å². The van der Waals surface area contributed by atoms with Crippen molar-refractivity contribution in [1.82, 2.24) is 5.43 Å². The maximum Gasteiger partial charge on any atom is 0.336 e. The van der Waals surface area contributed by atoms with Crippen molar-refractivity contribution >= 4 is 40.1 Å². The van der Waals surface area contributed by atoms with Gasteiger partial charge < -0.3 is 9.47 Å². The Morgan fingerprint density at radius 2 is 1.56 bits per heavy atom. The Labute approximate surface area is 194 Å². The average molecular weight is 493 g/mol. The third kappa shape index (κ3) is 7.52. The van der Waals surface area contributed by atoms with Crippen LogP contribution in [0.4, 0.5) is 0 Å². The van der Waals surface area contributed by atoms with E-state index in [2.05, 4.69) is 26.5 Å². The van der Waals surface area contributed by atoms with Crippen molar-refractivity contribution in [2.45, 2.75) is 13.0 Å². The molecule has 0 aliphatic carbocycles. The number of hydrogen-bond acceptors (Lipinski definition) is 5. The van der Waals surface area contributed by atoms with Gasteiger partial charge in [-0.3, -0.25) is 4.79 Å². The van der Waals surface area contributed by atoms with Crippen LogP contribution in [0.5, 0.6) is 11.5 Å². The van der Waals surface area contributed by atoms with Gasteiger partial charge in [0.15, 0.2) is 6.10 Å². The second-order valence-electron chi connectivity index (χ2n) is 6.68. The van der Waals surface area contributed by atoms with Gasteiger partial charge in [0.1, 0.15) is 11.5 Å². The number of benzene rings is 3. The van der Waals surface area contributed by atoms with Gasteiger partial charge >= 0.3 is 5.97 Å². The number of hydrogen-bond donors (Lipinski definition) is 1. The molecule has 162 valence electrons. The number of ether oxygens (including phenoxy) is 2. The molecule has 1 N–H and O–H groups in total. The summed E-state index contributed by atoms with van der Waals surface area (Å²) in [5.41, 5.74) is 4.08. The van der Waals surface area contributed by atoms with Crippen LogP contribution in [0.3, 0.4) is 0 Å². The van der Waals surface area contributed by atoms with Crippen LogP contribution in [-0.4, -0.2) is 24.2 Å². The first-order chi connectivity index (χ1) is 15.5. The van der Waals surface area contributed by atoms with Crippen molar-refractivity contribution < 1.29 is 19.1 Å². The monoisotopic (exact) mass is 492 g/mol. The van der Waals surface area contributed by atoms with Crippen molar-refractivity contribution in [3.63, 3.8) is 0 Å². The molecule has 0 radical (unpaired) electrons. The summed E-state index contributed by atoms with van der Waals surface area (Å²) >= 11 is 3.35. The molecule has 0 aliphatic heterocycles. The van der Waals surface area contributed by atoms with Crippen LogP contribution >= 0.6 is 15.9 Å². The smallest absolute Gasteiger partial charge is 0.336 e. The van der Waals surface area contributed by atoms with E-state index in [0.717, 1.165) is 15.6 Å². The van der Waals surface area contributed by atoms with Crippen molar-refractivity contribution in [1.29, 1.82) is 0 Å². The van der Waals surface area contributed by atoms with Crippen molar-refractivity contribution in [3.05, 3.63) is 101 Å². The zero-order chi connectivity index (χ0) is 22.8. The molecule has 0 heterocycles. The number of halogens is 1. The average Bonchev–Trinajstić information content (AvgIpc) is 2.81. The highest BCUT2D eigenvalue weighted by molar-refractivity contribution is 9.10. The topological polar surface area (TPSA) is 77.0 Å². The van der Waals surface area contributed by atoms with Gasteiger partial charge in [0.05, 0.1) is 6.21 Å². The highest BCUT2D eigenvalue weighted by Crippen LogP contribution is 2.17. The van der Waals surface area contributed by atoms with Gasteiger partial charge in [0, 0.05) is 10.5 Å². The molecule has 32 heavy (non-hydrogen) atoms. The lowest BCUT2D eigenvalue weighted by Gasteiger charge is -2.12. The van der Waals surface area contributed by atoms with Crippen LogP contribution in [0.1, 0.15) is 18.1 Å². The second-order valence-corrected chi connectivity index (χ2v) is 7.60. The van der Waals surface area contributed by atoms with E-state index in [9.17, 15) is 9.59 Å². The Hall–Kier alpha value is -3.71. The number of carbonyl (C=O) groups is 2. The molecule has 1 unspecified atom stereocenters. The Kier molecular flexibility index (Phi) is 8.34. The summed E-state index contributed by atoms with van der Waals surface area (Å²) in [7, 11) is 0. The minimum atomic E-state index is -0.709. The minimum absolute atomic E-state index is 0.375. The molecule has 0 spiro atoms. The zero-order valence-corrected chi connectivity index (χ0v) is 18.9. The first-order valence-electron chi connectivity index (χ1n) is 9.80. The normalized spacial score (nSPS) is 11.9. The van der Waals surface area contributed by atoms with E-state index >= 15 is 0 Å². The Morgan fingerprint density at radius 3 is 2.25 bits per heavy atom. The van der Waals surface area contributed by atoms with E-state index in [-0.39, 0.29) is 5.91 Å². The first-order valence-corrected chi connectivity index (χ1v) is 10.6. The van der Waals surface area contributed by atoms with Gasteiger partial charge in [0.25, 0.3) is 5.91 Å². The number of esters is 1. The van der Waals surface area contributed by atoms with Crippen LogP contribution in [0.15, 0.2) is 94.5 Å². The Morgan fingerprint density at radius 1 is 0.906 bits per heavy atom. The number of hydrazone groups is 1. The molecular weight excluding hydrogens is 472 g/mol. The number of rotatable bonds is 8. The molecule has 7 heteroatoms. The molecule has 3 aromatic rings. The highest BCUT2D eigenvalue weighted by Gasteiger charge is 2.13. The molecule has 0 aliphatic rings. The molecule has 0 bridgehead atoms. The molecule has 0 saturated carbocycles. The summed E-state index contributed by atoms with van der Waals surface area (Å²) in [4.78, 5) is 24.1. The number of carbonyl (C=O) groups excluding carboxylic acids is 2. The van der Waals surface area contributed by atoms with Gasteiger partial charge in [-0.25, -0.2) is 10.2 Å². The molecule has 3 aromatic carbocycles. The summed E-state index contributed by atoms with van der Waals surface area (Å²) in [5, 5.41) is 3.94. The van der Waals surface area contributed by atoms with E-state index in [4.69, 9.17) is 9.47 Å². The molecule has 1 amide bonds. The second kappa shape index (κ2) is 11.6. The fourth-order valence-corrected chi connectivity index (χ4v) is 2.80. The summed E-state index contributed by atoms with van der Waals surface area (Å²) in [5.74, 6) is 0.149. The Bertz CT molecular complexity index is 1100. The van der Waals surface area contributed by atoms with E-state index in [1.807, 2.05) is 42.5 Å². The summed E-state index contributed by atoms with van der Waals surface area (Å²) in [6.07, 6.45) is 3.84. The van der Waals surface area contributed by atoms with Crippen LogP contribution in [0.2, 0.25) is 0 Å². The van der Waals surface area contributed by atoms with Crippen LogP contribution < -0.4 is 14.9 Å². The predicted octanol–water partition coefficient (Wildman–Crippen LogP) is 4.99. The first kappa shape index (κ1) is 23.0. The standard InChI is InChI=1S/C25H21BrN2O4/c1-18(31-22-14-10-21(26)11-15-22)25(30)28-27-17-20-7-12-23(13-8-20)32-24(29)16-9-19-5-3-2-4-6-19/h2-18H,1H3,(H,28,30)/b16-9+,27-17+. The number of nitrogens with one attached hydrogen (secondary N) is 1. The molecule has 0 saturated heterocycles. The SMILES string of the molecule is CC(Oc1ccc(Br)cc1)C(=O)N/N=C/c1ccc(OC(=O)/C=C/c2ccccc2)cc1. The zero-order valence-electron chi connectivity index (χ0n) is 17.3. The molecular formula is C25H21BrN2O4. The van der Waals surface area contributed by atoms with Crippen molar-refractivity contribution in [3.8, 4) is 11.5 Å². The molecule has 3 rings (SSSR count). The predicted molar refractivity (Wildman–Crippen MR) is 128 cm³/mol. The van der Waals surface area contributed by atoms with E-state index in [1.54, 1.807) is 49.4 Å². The number of nitrogens with zero attached hydrogens (tertiary/aromatic N) is 1. The van der Waals surface area contributed by atoms with E-state index in [0.29, 0.717) is 11.5 Å². The van der Waals surface area contributed by atoms with Crippen LogP contribution in [-0.2, 0) is 9.59 Å². The quantitative estimate of drug-likeness (QED) is 0.158. The molecule has 6 nitrogen and oxygen atoms in total. The third-order valence-corrected chi connectivity index (χ3v) is 4.72. The van der Waals surface area contributed by atoms with E-state index < -0.39 is 12.1 Å². The summed E-state index contributed by atoms with van der Waals surface area (Å²) in [6, 6.07) is 23.4. The maximum atomic E-state index is 12.1. The van der Waals surface area contributed by atoms with Gasteiger partial charge in [-0.2, -0.15) is 5.10 Å². The fraction of sp³-hybridized carbons (Fsp3) is 0.0800. The molecule has 0 fully saturated rings.